The van der Waals surface area contributed by atoms with E-state index in [1.165, 1.54) is 10.9 Å². The molecule has 7 heteroatoms. The van der Waals surface area contributed by atoms with Crippen molar-refractivity contribution in [3.8, 4) is 22.8 Å². The molecule has 0 spiro atoms. The van der Waals surface area contributed by atoms with Gasteiger partial charge in [0.25, 0.3) is 0 Å². The van der Waals surface area contributed by atoms with Crippen molar-refractivity contribution in [3.05, 3.63) is 60.7 Å². The Kier molecular flexibility index (Phi) is 4.95. The minimum atomic E-state index is -1.27. The second kappa shape index (κ2) is 7.31. The minimum absolute atomic E-state index is 0.107. The molecular formula is C18H17N3O3S. The summed E-state index contributed by atoms with van der Waals surface area (Å²) in [6, 6.07) is 18.6. The van der Waals surface area contributed by atoms with Gasteiger partial charge in [-0.05, 0) is 36.4 Å². The van der Waals surface area contributed by atoms with E-state index in [0.29, 0.717) is 16.5 Å². The second-order valence-corrected chi connectivity index (χ2v) is 6.71. The molecule has 1 heterocycles. The number of primary amides is 1. The molecule has 3 rings (SSSR count). The average molecular weight is 355 g/mol. The summed E-state index contributed by atoms with van der Waals surface area (Å²) in [4.78, 5) is 11.2. The number of hydrogen-bond donors (Lipinski definition) is 1. The molecule has 25 heavy (non-hydrogen) atoms. The number of benzene rings is 2. The van der Waals surface area contributed by atoms with E-state index in [1.54, 1.807) is 6.07 Å². The zero-order valence-electron chi connectivity index (χ0n) is 13.6. The fourth-order valence-electron chi connectivity index (χ4n) is 2.35. The lowest BCUT2D eigenvalue weighted by atomic mass is 10.1. The number of amides is 1. The molecule has 6 nitrogen and oxygen atoms in total. The number of hydrogen-bond acceptors (Lipinski definition) is 4. The normalized spacial score (nSPS) is 11.9. The van der Waals surface area contributed by atoms with Crippen molar-refractivity contribution in [1.82, 2.24) is 9.78 Å². The van der Waals surface area contributed by atoms with E-state index in [-0.39, 0.29) is 6.54 Å². The molecule has 0 aliphatic rings. The van der Waals surface area contributed by atoms with Crippen LogP contribution in [0.5, 0.6) is 11.5 Å². The van der Waals surface area contributed by atoms with Gasteiger partial charge >= 0.3 is 0 Å². The molecule has 2 aromatic carbocycles. The maximum Gasteiger partial charge on any atom is 0.239 e. The van der Waals surface area contributed by atoms with Gasteiger partial charge < -0.3 is 10.5 Å². The minimum Gasteiger partial charge on any atom is -0.457 e. The van der Waals surface area contributed by atoms with E-state index in [9.17, 15) is 9.00 Å². The average Bonchev–Trinajstić information content (AvgIpc) is 3.00. The van der Waals surface area contributed by atoms with Gasteiger partial charge in [-0.2, -0.15) is 5.10 Å². The molecule has 0 saturated carbocycles. The van der Waals surface area contributed by atoms with E-state index in [0.717, 1.165) is 11.3 Å². The van der Waals surface area contributed by atoms with E-state index in [2.05, 4.69) is 5.10 Å². The van der Waals surface area contributed by atoms with Crippen molar-refractivity contribution in [1.29, 1.82) is 0 Å². The van der Waals surface area contributed by atoms with Gasteiger partial charge in [0.1, 0.15) is 23.1 Å². The molecule has 1 atom stereocenters. The number of para-hydroxylation sites is 1. The molecule has 2 N–H and O–H groups in total. The third-order valence-corrected chi connectivity index (χ3v) is 4.39. The van der Waals surface area contributed by atoms with E-state index in [1.807, 2.05) is 54.6 Å². The highest BCUT2D eigenvalue weighted by atomic mass is 32.2. The third kappa shape index (κ3) is 4.13. The molecule has 3 aromatic rings. The van der Waals surface area contributed by atoms with E-state index in [4.69, 9.17) is 10.5 Å². The van der Waals surface area contributed by atoms with Gasteiger partial charge in [0.15, 0.2) is 0 Å². The van der Waals surface area contributed by atoms with Gasteiger partial charge in [-0.3, -0.25) is 9.00 Å². The zero-order chi connectivity index (χ0) is 17.8. The zero-order valence-corrected chi connectivity index (χ0v) is 14.4. The number of carbonyl (C=O) groups excluding carboxylic acids is 1. The highest BCUT2D eigenvalue weighted by Gasteiger charge is 2.14. The first kappa shape index (κ1) is 16.9. The van der Waals surface area contributed by atoms with Crippen LogP contribution < -0.4 is 10.5 Å². The first-order valence-corrected chi connectivity index (χ1v) is 9.11. The first-order valence-electron chi connectivity index (χ1n) is 7.56. The van der Waals surface area contributed by atoms with Crippen LogP contribution in [-0.2, 0) is 22.1 Å². The molecule has 0 fully saturated rings. The summed E-state index contributed by atoms with van der Waals surface area (Å²) in [6.07, 6.45) is 1.54. The Morgan fingerprint density at radius 1 is 1.12 bits per heavy atom. The molecule has 0 aliphatic heterocycles. The van der Waals surface area contributed by atoms with Gasteiger partial charge in [0, 0.05) is 17.9 Å². The van der Waals surface area contributed by atoms with Crippen LogP contribution in [0.15, 0.2) is 65.7 Å². The SMILES string of the molecule is CS(=O)c1cc(-c2ccc(Oc3ccccc3)cc2)nn1CC(N)=O. The van der Waals surface area contributed by atoms with Gasteiger partial charge in [-0.1, -0.05) is 18.2 Å². The maximum atomic E-state index is 11.8. The largest absolute Gasteiger partial charge is 0.457 e. The van der Waals surface area contributed by atoms with Crippen molar-refractivity contribution in [2.75, 3.05) is 6.26 Å². The predicted molar refractivity (Wildman–Crippen MR) is 95.7 cm³/mol. The Balaban J connectivity index is 1.84. The third-order valence-electron chi connectivity index (χ3n) is 3.47. The number of rotatable bonds is 6. The summed E-state index contributed by atoms with van der Waals surface area (Å²) in [6.45, 7) is -0.107. The van der Waals surface area contributed by atoms with Crippen LogP contribution in [-0.4, -0.2) is 26.2 Å². The summed E-state index contributed by atoms with van der Waals surface area (Å²) in [5.41, 5.74) is 6.67. The summed E-state index contributed by atoms with van der Waals surface area (Å²) >= 11 is 0. The molecule has 1 aromatic heterocycles. The quantitative estimate of drug-likeness (QED) is 0.736. The van der Waals surface area contributed by atoms with Crippen LogP contribution in [0.4, 0.5) is 0 Å². The molecule has 0 bridgehead atoms. The lowest BCUT2D eigenvalue weighted by molar-refractivity contribution is -0.118. The van der Waals surface area contributed by atoms with Gasteiger partial charge in [0.2, 0.25) is 5.91 Å². The van der Waals surface area contributed by atoms with E-state index < -0.39 is 16.7 Å². The topological polar surface area (TPSA) is 87.2 Å². The Morgan fingerprint density at radius 3 is 2.36 bits per heavy atom. The fourth-order valence-corrected chi connectivity index (χ4v) is 3.03. The Labute approximate surface area is 147 Å². The van der Waals surface area contributed by atoms with Crippen molar-refractivity contribution in [3.63, 3.8) is 0 Å². The summed E-state index contributed by atoms with van der Waals surface area (Å²) in [5.74, 6) is 0.920. The van der Waals surface area contributed by atoms with Crippen molar-refractivity contribution >= 4 is 16.7 Å². The highest BCUT2D eigenvalue weighted by Crippen LogP contribution is 2.26. The van der Waals surface area contributed by atoms with Crippen molar-refractivity contribution in [2.24, 2.45) is 5.73 Å². The highest BCUT2D eigenvalue weighted by molar-refractivity contribution is 7.84. The number of nitrogens with two attached hydrogens (primary N) is 1. The molecule has 1 unspecified atom stereocenters. The Morgan fingerprint density at radius 2 is 1.76 bits per heavy atom. The number of carbonyl (C=O) groups is 1. The van der Waals surface area contributed by atoms with Crippen molar-refractivity contribution < 1.29 is 13.7 Å². The van der Waals surface area contributed by atoms with Crippen LogP contribution in [0.1, 0.15) is 0 Å². The van der Waals surface area contributed by atoms with Crippen LogP contribution in [0.2, 0.25) is 0 Å². The standard InChI is InChI=1S/C18H17N3O3S/c1-25(23)18-11-16(20-21(18)12-17(19)22)13-7-9-15(10-8-13)24-14-5-3-2-4-6-14/h2-11H,12H2,1H3,(H2,19,22). The molecule has 0 saturated heterocycles. The molecule has 128 valence electrons. The van der Waals surface area contributed by atoms with Crippen LogP contribution >= 0.6 is 0 Å². The molecule has 0 radical (unpaired) electrons. The maximum absolute atomic E-state index is 11.8. The lowest BCUT2D eigenvalue weighted by Gasteiger charge is -2.05. The Hall–Kier alpha value is -2.93. The van der Waals surface area contributed by atoms with E-state index >= 15 is 0 Å². The molecule has 0 aliphatic carbocycles. The number of ether oxygens (including phenoxy) is 1. The summed E-state index contributed by atoms with van der Waals surface area (Å²) in [7, 11) is -1.27. The Bertz CT molecular complexity index is 905. The van der Waals surface area contributed by atoms with Crippen LogP contribution in [0.3, 0.4) is 0 Å². The first-order chi connectivity index (χ1) is 12.0. The molecule has 1 amide bonds. The smallest absolute Gasteiger partial charge is 0.239 e. The fraction of sp³-hybridized carbons (Fsp3) is 0.111. The monoisotopic (exact) mass is 355 g/mol. The number of nitrogens with zero attached hydrogens (tertiary/aromatic N) is 2. The van der Waals surface area contributed by atoms with Crippen molar-refractivity contribution in [2.45, 2.75) is 11.6 Å². The van der Waals surface area contributed by atoms with Gasteiger partial charge in [0.05, 0.1) is 16.5 Å². The second-order valence-electron chi connectivity index (χ2n) is 5.39. The molecular weight excluding hydrogens is 338 g/mol. The predicted octanol–water partition coefficient (Wildman–Crippen LogP) is 2.57. The summed E-state index contributed by atoms with van der Waals surface area (Å²) < 4.78 is 19.0. The van der Waals surface area contributed by atoms with Crippen LogP contribution in [0, 0.1) is 0 Å². The van der Waals surface area contributed by atoms with Gasteiger partial charge in [-0.25, -0.2) is 4.68 Å². The van der Waals surface area contributed by atoms with Crippen LogP contribution in [0.25, 0.3) is 11.3 Å². The number of aromatic nitrogens is 2. The lowest BCUT2D eigenvalue weighted by Crippen LogP contribution is -2.21. The summed E-state index contributed by atoms with van der Waals surface area (Å²) in [5, 5.41) is 4.79. The van der Waals surface area contributed by atoms with Gasteiger partial charge in [-0.15, -0.1) is 0 Å².